The quantitative estimate of drug-likeness (QED) is 0.586. The van der Waals surface area contributed by atoms with E-state index in [0.29, 0.717) is 12.0 Å². The Balaban J connectivity index is 3.12. The van der Waals surface area contributed by atoms with Crippen molar-refractivity contribution in [1.29, 1.82) is 0 Å². The van der Waals surface area contributed by atoms with Crippen molar-refractivity contribution in [1.82, 2.24) is 0 Å². The Labute approximate surface area is 72.4 Å². The van der Waals surface area contributed by atoms with Crippen LogP contribution in [0.15, 0.2) is 18.2 Å². The smallest absolute Gasteiger partial charge is 0.127 e. The molecule has 0 saturated carbocycles. The minimum absolute atomic E-state index is 0.188. The van der Waals surface area contributed by atoms with E-state index in [2.05, 4.69) is 5.92 Å². The van der Waals surface area contributed by atoms with Gasteiger partial charge in [0.2, 0.25) is 0 Å². The number of aryl methyl sites for hydroxylation is 1. The van der Waals surface area contributed by atoms with Gasteiger partial charge in [-0.05, 0) is 18.1 Å². The molecule has 0 fully saturated rings. The molecule has 1 heteroatoms. The normalized spacial score (nSPS) is 9.42. The monoisotopic (exact) mass is 162 g/mol. The van der Waals surface area contributed by atoms with Gasteiger partial charge in [-0.25, -0.2) is 4.39 Å². The average molecular weight is 162 g/mol. The molecule has 0 aromatic heterocycles. The molecule has 0 nitrogen and oxygen atoms in total. The van der Waals surface area contributed by atoms with Gasteiger partial charge in [-0.1, -0.05) is 19.1 Å². The van der Waals surface area contributed by atoms with E-state index in [1.807, 2.05) is 13.0 Å². The molecule has 0 saturated heterocycles. The lowest BCUT2D eigenvalue weighted by Gasteiger charge is -2.04. The SMILES string of the molecule is C#CCc1c(F)cccc1CC. The first-order valence-electron chi connectivity index (χ1n) is 3.99. The summed E-state index contributed by atoms with van der Waals surface area (Å²) in [5, 5.41) is 0. The fourth-order valence-electron chi connectivity index (χ4n) is 1.23. The molecule has 0 bridgehead atoms. The minimum Gasteiger partial charge on any atom is -0.207 e. The number of hydrogen-bond donors (Lipinski definition) is 0. The number of benzene rings is 1. The molecule has 0 radical (unpaired) electrons. The van der Waals surface area contributed by atoms with E-state index in [9.17, 15) is 4.39 Å². The van der Waals surface area contributed by atoms with Gasteiger partial charge < -0.3 is 0 Å². The van der Waals surface area contributed by atoms with E-state index in [1.165, 1.54) is 6.07 Å². The third-order valence-electron chi connectivity index (χ3n) is 1.88. The van der Waals surface area contributed by atoms with Crippen LogP contribution < -0.4 is 0 Å². The zero-order chi connectivity index (χ0) is 8.97. The largest absolute Gasteiger partial charge is 0.207 e. The highest BCUT2D eigenvalue weighted by molar-refractivity contribution is 5.31. The molecule has 62 valence electrons. The summed E-state index contributed by atoms with van der Waals surface area (Å²) in [7, 11) is 0. The van der Waals surface area contributed by atoms with Gasteiger partial charge in [-0.3, -0.25) is 0 Å². The minimum atomic E-state index is -0.188. The van der Waals surface area contributed by atoms with Gasteiger partial charge in [0.15, 0.2) is 0 Å². The fourth-order valence-corrected chi connectivity index (χ4v) is 1.23. The van der Waals surface area contributed by atoms with E-state index >= 15 is 0 Å². The van der Waals surface area contributed by atoms with E-state index < -0.39 is 0 Å². The molecule has 1 rings (SSSR count). The van der Waals surface area contributed by atoms with Crippen LogP contribution in [0.2, 0.25) is 0 Å². The summed E-state index contributed by atoms with van der Waals surface area (Å²) in [6, 6.07) is 5.08. The third-order valence-corrected chi connectivity index (χ3v) is 1.88. The first-order chi connectivity index (χ1) is 5.79. The molecule has 0 N–H and O–H groups in total. The van der Waals surface area contributed by atoms with Crippen LogP contribution in [-0.2, 0) is 12.8 Å². The summed E-state index contributed by atoms with van der Waals surface area (Å²) >= 11 is 0. The molecule has 1 aromatic rings. The van der Waals surface area contributed by atoms with Gasteiger partial charge in [0.1, 0.15) is 5.82 Å². The number of terminal acetylenes is 1. The van der Waals surface area contributed by atoms with Crippen LogP contribution in [0.4, 0.5) is 4.39 Å². The summed E-state index contributed by atoms with van der Waals surface area (Å²) < 4.78 is 13.1. The molecule has 0 aliphatic heterocycles. The predicted octanol–water partition coefficient (Wildman–Crippen LogP) is 2.56. The second-order valence-corrected chi connectivity index (χ2v) is 2.61. The molecule has 0 atom stereocenters. The molecule has 0 aliphatic rings. The van der Waals surface area contributed by atoms with Crippen LogP contribution in [0.25, 0.3) is 0 Å². The standard InChI is InChI=1S/C11H11F/c1-3-6-10-9(4-2)7-5-8-11(10)12/h1,5,7-8H,4,6H2,2H3. The van der Waals surface area contributed by atoms with Crippen LogP contribution in [0.3, 0.4) is 0 Å². The fraction of sp³-hybridized carbons (Fsp3) is 0.273. The van der Waals surface area contributed by atoms with Gasteiger partial charge in [0.25, 0.3) is 0 Å². The topological polar surface area (TPSA) is 0 Å². The average Bonchev–Trinajstić information content (AvgIpc) is 2.09. The highest BCUT2D eigenvalue weighted by Gasteiger charge is 2.04. The van der Waals surface area contributed by atoms with E-state index in [1.54, 1.807) is 6.07 Å². The van der Waals surface area contributed by atoms with Crippen LogP contribution in [0, 0.1) is 18.2 Å². The first-order valence-corrected chi connectivity index (χ1v) is 3.99. The maximum Gasteiger partial charge on any atom is 0.127 e. The van der Waals surface area contributed by atoms with Gasteiger partial charge >= 0.3 is 0 Å². The lowest BCUT2D eigenvalue weighted by atomic mass is 10.0. The van der Waals surface area contributed by atoms with Crippen molar-refractivity contribution in [2.75, 3.05) is 0 Å². The molecular formula is C11H11F. The Morgan fingerprint density at radius 2 is 2.25 bits per heavy atom. The van der Waals surface area contributed by atoms with Gasteiger partial charge in [-0.15, -0.1) is 12.3 Å². The second kappa shape index (κ2) is 3.92. The van der Waals surface area contributed by atoms with Crippen molar-refractivity contribution in [2.24, 2.45) is 0 Å². The Hall–Kier alpha value is -1.29. The van der Waals surface area contributed by atoms with Crippen molar-refractivity contribution in [3.05, 3.63) is 35.1 Å². The summed E-state index contributed by atoms with van der Waals surface area (Å²) in [6.45, 7) is 1.99. The van der Waals surface area contributed by atoms with Gasteiger partial charge in [0, 0.05) is 12.0 Å². The Kier molecular flexibility index (Phi) is 2.88. The maximum atomic E-state index is 13.1. The van der Waals surface area contributed by atoms with Crippen molar-refractivity contribution in [3.8, 4) is 12.3 Å². The van der Waals surface area contributed by atoms with Gasteiger partial charge in [-0.2, -0.15) is 0 Å². The van der Waals surface area contributed by atoms with Crippen LogP contribution >= 0.6 is 0 Å². The highest BCUT2D eigenvalue weighted by Crippen LogP contribution is 2.14. The molecule has 0 unspecified atom stereocenters. The Morgan fingerprint density at radius 1 is 1.50 bits per heavy atom. The van der Waals surface area contributed by atoms with Crippen molar-refractivity contribution in [3.63, 3.8) is 0 Å². The summed E-state index contributed by atoms with van der Waals surface area (Å²) in [5.41, 5.74) is 1.68. The van der Waals surface area contributed by atoms with E-state index in [-0.39, 0.29) is 5.82 Å². The van der Waals surface area contributed by atoms with E-state index in [0.717, 1.165) is 12.0 Å². The number of hydrogen-bond acceptors (Lipinski definition) is 0. The van der Waals surface area contributed by atoms with Gasteiger partial charge in [0.05, 0.1) is 0 Å². The number of halogens is 1. The summed E-state index contributed by atoms with van der Waals surface area (Å²) in [6.07, 6.45) is 6.35. The Bertz CT molecular complexity index is 307. The van der Waals surface area contributed by atoms with Crippen molar-refractivity contribution < 1.29 is 4.39 Å². The summed E-state index contributed by atoms with van der Waals surface area (Å²) in [5.74, 6) is 2.27. The van der Waals surface area contributed by atoms with Crippen molar-refractivity contribution in [2.45, 2.75) is 19.8 Å². The molecule has 0 aliphatic carbocycles. The summed E-state index contributed by atoms with van der Waals surface area (Å²) in [4.78, 5) is 0. The van der Waals surface area contributed by atoms with Crippen LogP contribution in [0.1, 0.15) is 18.1 Å². The molecule has 12 heavy (non-hydrogen) atoms. The number of rotatable bonds is 2. The lowest BCUT2D eigenvalue weighted by molar-refractivity contribution is 0.612. The van der Waals surface area contributed by atoms with Crippen LogP contribution in [0.5, 0.6) is 0 Å². The molecule has 0 amide bonds. The zero-order valence-corrected chi connectivity index (χ0v) is 7.10. The predicted molar refractivity (Wildman–Crippen MR) is 48.3 cm³/mol. The van der Waals surface area contributed by atoms with E-state index in [4.69, 9.17) is 6.42 Å². The highest BCUT2D eigenvalue weighted by atomic mass is 19.1. The van der Waals surface area contributed by atoms with Crippen LogP contribution in [-0.4, -0.2) is 0 Å². The first kappa shape index (κ1) is 8.80. The molecule has 0 spiro atoms. The molecular weight excluding hydrogens is 151 g/mol. The second-order valence-electron chi connectivity index (χ2n) is 2.61. The maximum absolute atomic E-state index is 13.1. The zero-order valence-electron chi connectivity index (χ0n) is 7.10. The lowest BCUT2D eigenvalue weighted by Crippen LogP contribution is -1.95. The van der Waals surface area contributed by atoms with Crippen molar-refractivity contribution >= 4 is 0 Å². The molecule has 1 aromatic carbocycles. The Morgan fingerprint density at radius 3 is 2.83 bits per heavy atom. The third kappa shape index (κ3) is 1.65. The molecule has 0 heterocycles.